The molecule has 0 fully saturated rings. The van der Waals surface area contributed by atoms with Gasteiger partial charge in [-0.05, 0) is 30.0 Å². The third-order valence-corrected chi connectivity index (χ3v) is 3.99. The first kappa shape index (κ1) is 14.6. The van der Waals surface area contributed by atoms with Gasteiger partial charge in [0.05, 0.1) is 6.20 Å². The van der Waals surface area contributed by atoms with E-state index in [1.165, 1.54) is 11.6 Å². The molecule has 0 atom stereocenters. The molecular formula is C13H15ClN6O2. The van der Waals surface area contributed by atoms with Crippen LogP contribution in [0.25, 0.3) is 11.2 Å². The van der Waals surface area contributed by atoms with E-state index in [4.69, 9.17) is 11.6 Å². The Morgan fingerprint density at radius 2 is 2.05 bits per heavy atom. The molecule has 0 aromatic carbocycles. The molecule has 9 heteroatoms. The lowest BCUT2D eigenvalue weighted by Gasteiger charge is -2.06. The topological polar surface area (TPSA) is 90.5 Å². The van der Waals surface area contributed by atoms with E-state index < -0.39 is 5.69 Å². The molecular weight excluding hydrogens is 308 g/mol. The van der Waals surface area contributed by atoms with E-state index in [1.54, 1.807) is 17.8 Å². The highest BCUT2D eigenvalue weighted by Gasteiger charge is 2.17. The molecule has 0 aliphatic heterocycles. The van der Waals surface area contributed by atoms with E-state index in [2.05, 4.69) is 15.2 Å². The van der Waals surface area contributed by atoms with Gasteiger partial charge in [-0.2, -0.15) is 10.1 Å². The monoisotopic (exact) mass is 322 g/mol. The molecule has 3 aromatic heterocycles. The molecule has 116 valence electrons. The number of aromatic nitrogens is 6. The quantitative estimate of drug-likeness (QED) is 0.706. The first-order valence-electron chi connectivity index (χ1n) is 6.80. The first-order chi connectivity index (χ1) is 10.5. The summed E-state index contributed by atoms with van der Waals surface area (Å²) in [6.07, 6.45) is 5.17. The molecule has 3 rings (SSSR count). The molecule has 0 spiro atoms. The molecule has 0 saturated carbocycles. The Bertz CT molecular complexity index is 934. The van der Waals surface area contributed by atoms with Crippen molar-refractivity contribution in [1.29, 1.82) is 0 Å². The molecule has 0 aliphatic carbocycles. The van der Waals surface area contributed by atoms with Crippen LogP contribution in [0.3, 0.4) is 0 Å². The zero-order chi connectivity index (χ0) is 15.9. The molecule has 0 radical (unpaired) electrons. The van der Waals surface area contributed by atoms with Crippen LogP contribution in [0, 0.1) is 0 Å². The van der Waals surface area contributed by atoms with Crippen LogP contribution < -0.4 is 11.2 Å². The van der Waals surface area contributed by atoms with E-state index in [0.717, 1.165) is 23.0 Å². The van der Waals surface area contributed by atoms with Crippen molar-refractivity contribution in [3.63, 3.8) is 0 Å². The van der Waals surface area contributed by atoms with Crippen LogP contribution in [0.5, 0.6) is 0 Å². The summed E-state index contributed by atoms with van der Waals surface area (Å²) in [5.74, 6) is 0. The van der Waals surface area contributed by atoms with Gasteiger partial charge in [0.1, 0.15) is 0 Å². The van der Waals surface area contributed by atoms with E-state index in [9.17, 15) is 9.59 Å². The molecule has 0 bridgehead atoms. The minimum absolute atomic E-state index is 0.209. The average molecular weight is 323 g/mol. The molecule has 3 aromatic rings. The van der Waals surface area contributed by atoms with Crippen molar-refractivity contribution < 1.29 is 0 Å². The molecule has 0 aliphatic rings. The van der Waals surface area contributed by atoms with Gasteiger partial charge in [0.15, 0.2) is 11.2 Å². The maximum Gasteiger partial charge on any atom is 0.332 e. The summed E-state index contributed by atoms with van der Waals surface area (Å²) in [6.45, 7) is 0.536. The van der Waals surface area contributed by atoms with Crippen molar-refractivity contribution in [2.45, 2.75) is 19.4 Å². The zero-order valence-corrected chi connectivity index (χ0v) is 13.0. The average Bonchev–Trinajstić information content (AvgIpc) is 3.12. The number of hydrogen-bond acceptors (Lipinski definition) is 4. The van der Waals surface area contributed by atoms with Gasteiger partial charge in [-0.1, -0.05) is 0 Å². The van der Waals surface area contributed by atoms with Gasteiger partial charge >= 0.3 is 5.69 Å². The third kappa shape index (κ3) is 2.25. The first-order valence-corrected chi connectivity index (χ1v) is 7.18. The lowest BCUT2D eigenvalue weighted by Crippen LogP contribution is -2.37. The van der Waals surface area contributed by atoms with Gasteiger partial charge in [-0.15, -0.1) is 0 Å². The summed E-state index contributed by atoms with van der Waals surface area (Å²) < 4.78 is 4.04. The van der Waals surface area contributed by atoms with Crippen molar-refractivity contribution in [2.75, 3.05) is 0 Å². The Balaban J connectivity index is 2.01. The lowest BCUT2D eigenvalue weighted by molar-refractivity contribution is 0.648. The zero-order valence-electron chi connectivity index (χ0n) is 12.2. The maximum absolute atomic E-state index is 12.3. The third-order valence-electron chi connectivity index (χ3n) is 3.70. The van der Waals surface area contributed by atoms with Crippen LogP contribution in [0.4, 0.5) is 0 Å². The van der Waals surface area contributed by atoms with Crippen molar-refractivity contribution in [3.05, 3.63) is 44.1 Å². The Labute approximate surface area is 130 Å². The fourth-order valence-electron chi connectivity index (χ4n) is 2.48. The number of aryl methyl sites for hydroxylation is 3. The predicted octanol–water partition coefficient (Wildman–Crippen LogP) is 0.443. The van der Waals surface area contributed by atoms with Gasteiger partial charge in [0.25, 0.3) is 5.56 Å². The second kappa shape index (κ2) is 5.45. The number of nitrogens with zero attached hydrogens (tertiary/aromatic N) is 5. The molecule has 0 unspecified atom stereocenters. The molecule has 8 nitrogen and oxygen atoms in total. The fraction of sp³-hybridized carbons (Fsp3) is 0.385. The van der Waals surface area contributed by atoms with Gasteiger partial charge in [-0.25, -0.2) is 4.79 Å². The fourth-order valence-corrected chi connectivity index (χ4v) is 2.73. The van der Waals surface area contributed by atoms with Gasteiger partial charge in [0, 0.05) is 26.8 Å². The van der Waals surface area contributed by atoms with Crippen LogP contribution in [0.1, 0.15) is 12.0 Å². The largest absolute Gasteiger partial charge is 0.332 e. The summed E-state index contributed by atoms with van der Waals surface area (Å²) >= 11 is 6.15. The normalized spacial score (nSPS) is 11.4. The van der Waals surface area contributed by atoms with E-state index >= 15 is 0 Å². The second-order valence-corrected chi connectivity index (χ2v) is 5.46. The van der Waals surface area contributed by atoms with Gasteiger partial charge < -0.3 is 4.57 Å². The molecule has 0 amide bonds. The van der Waals surface area contributed by atoms with E-state index in [1.807, 2.05) is 6.20 Å². The van der Waals surface area contributed by atoms with E-state index in [0.29, 0.717) is 17.7 Å². The van der Waals surface area contributed by atoms with E-state index in [-0.39, 0.29) is 10.8 Å². The highest BCUT2D eigenvalue weighted by Crippen LogP contribution is 2.16. The van der Waals surface area contributed by atoms with Gasteiger partial charge in [-0.3, -0.25) is 19.0 Å². The summed E-state index contributed by atoms with van der Waals surface area (Å²) in [7, 11) is 3.02. The number of halogens is 1. The van der Waals surface area contributed by atoms with Crippen LogP contribution in [0.2, 0.25) is 5.28 Å². The van der Waals surface area contributed by atoms with Crippen LogP contribution in [0.15, 0.2) is 22.0 Å². The highest BCUT2D eigenvalue weighted by molar-refractivity contribution is 6.29. The number of fused-ring (bicyclic) bond motifs is 1. The van der Waals surface area contributed by atoms with Crippen LogP contribution in [-0.2, 0) is 27.1 Å². The van der Waals surface area contributed by atoms with Crippen LogP contribution in [-0.4, -0.2) is 28.9 Å². The number of imidazole rings is 1. The second-order valence-electron chi connectivity index (χ2n) is 5.12. The number of H-pyrrole nitrogens is 1. The standard InChI is InChI=1S/C13H15ClN6O2/c1-18-10-9(11(21)19(2)13(18)22)20(12(14)17-10)5-3-4-8-6-15-16-7-8/h6-7H,3-5H2,1-2H3,(H,15,16). The van der Waals surface area contributed by atoms with Crippen LogP contribution >= 0.6 is 11.6 Å². The Hall–Kier alpha value is -2.35. The molecule has 22 heavy (non-hydrogen) atoms. The molecule has 1 N–H and O–H groups in total. The summed E-state index contributed by atoms with van der Waals surface area (Å²) in [5, 5.41) is 6.86. The van der Waals surface area contributed by atoms with Crippen molar-refractivity contribution in [2.24, 2.45) is 14.1 Å². The smallest absolute Gasteiger partial charge is 0.309 e. The van der Waals surface area contributed by atoms with Crippen molar-refractivity contribution in [3.8, 4) is 0 Å². The Morgan fingerprint density at radius 1 is 1.27 bits per heavy atom. The minimum Gasteiger partial charge on any atom is -0.309 e. The Morgan fingerprint density at radius 3 is 2.73 bits per heavy atom. The Kier molecular flexibility index (Phi) is 3.61. The molecule has 0 saturated heterocycles. The minimum atomic E-state index is -0.419. The molecule has 3 heterocycles. The number of rotatable bonds is 4. The summed E-state index contributed by atoms with van der Waals surface area (Å²) in [6, 6.07) is 0. The SMILES string of the molecule is Cn1c(=O)c2c(nc(Cl)n2CCCc2cn[nH]c2)n(C)c1=O. The lowest BCUT2D eigenvalue weighted by atomic mass is 10.2. The number of nitrogens with one attached hydrogen (secondary N) is 1. The van der Waals surface area contributed by atoms with Crippen molar-refractivity contribution >= 4 is 22.8 Å². The van der Waals surface area contributed by atoms with Crippen molar-refractivity contribution in [1.82, 2.24) is 28.9 Å². The predicted molar refractivity (Wildman–Crippen MR) is 82.1 cm³/mol. The highest BCUT2D eigenvalue weighted by atomic mass is 35.5. The maximum atomic E-state index is 12.3. The van der Waals surface area contributed by atoms with Gasteiger partial charge in [0.2, 0.25) is 5.28 Å². The number of hydrogen-bond donors (Lipinski definition) is 1. The summed E-state index contributed by atoms with van der Waals surface area (Å²) in [4.78, 5) is 28.4. The number of aromatic amines is 1. The summed E-state index contributed by atoms with van der Waals surface area (Å²) in [5.41, 5.74) is 0.932.